The normalized spacial score (nSPS) is 33.9. The van der Waals surface area contributed by atoms with Crippen LogP contribution in [0.25, 0.3) is 0 Å². The zero-order valence-corrected chi connectivity index (χ0v) is 24.2. The van der Waals surface area contributed by atoms with Gasteiger partial charge in [0.1, 0.15) is 36.6 Å². The van der Waals surface area contributed by atoms with Crippen molar-refractivity contribution in [2.24, 2.45) is 0 Å². The van der Waals surface area contributed by atoms with Gasteiger partial charge in [-0.15, -0.1) is 0 Å². The number of carbonyl (C=O) groups is 2. The minimum Gasteiger partial charge on any atom is -0.457 e. The lowest BCUT2D eigenvalue weighted by molar-refractivity contribution is -0.376. The summed E-state index contributed by atoms with van der Waals surface area (Å²) in [5.74, 6) is -1.22. The Morgan fingerprint density at radius 2 is 0.951 bits per heavy atom. The van der Waals surface area contributed by atoms with Gasteiger partial charge in [-0.25, -0.2) is 0 Å². The molecule has 0 bridgehead atoms. The lowest BCUT2D eigenvalue weighted by atomic mass is 9.97. The molecule has 13 nitrogen and oxygen atoms in total. The number of aliphatic hydroxyl groups excluding tert-OH is 6. The summed E-state index contributed by atoms with van der Waals surface area (Å²) in [4.78, 5) is 24.6. The second-order valence-corrected chi connectivity index (χ2v) is 10.8. The van der Waals surface area contributed by atoms with Gasteiger partial charge in [0, 0.05) is 12.8 Å². The summed E-state index contributed by atoms with van der Waals surface area (Å²) >= 11 is 0. The summed E-state index contributed by atoms with van der Waals surface area (Å²) in [7, 11) is 0. The molecule has 0 aromatic rings. The van der Waals surface area contributed by atoms with Crippen molar-refractivity contribution in [1.29, 1.82) is 0 Å². The number of hydrogen-bond acceptors (Lipinski definition) is 13. The van der Waals surface area contributed by atoms with Gasteiger partial charge in [-0.05, 0) is 12.8 Å². The Hall–Kier alpha value is -1.42. The molecule has 10 atom stereocenters. The number of unbranched alkanes of at least 4 members (excludes halogenated alkanes) is 8. The van der Waals surface area contributed by atoms with Crippen molar-refractivity contribution in [3.8, 4) is 0 Å². The number of ether oxygens (including phenoxy) is 5. The molecule has 0 unspecified atom stereocenters. The highest BCUT2D eigenvalue weighted by Crippen LogP contribution is 2.30. The fraction of sp³-hybridized carbons (Fsp3) is 0.929. The molecule has 0 spiro atoms. The molecule has 41 heavy (non-hydrogen) atoms. The molecule has 0 amide bonds. The fourth-order valence-electron chi connectivity index (χ4n) is 4.92. The molecule has 240 valence electrons. The van der Waals surface area contributed by atoms with E-state index in [-0.39, 0.29) is 12.8 Å². The van der Waals surface area contributed by atoms with Gasteiger partial charge in [0.15, 0.2) is 24.8 Å². The summed E-state index contributed by atoms with van der Waals surface area (Å²) < 4.78 is 27.2. The second-order valence-electron chi connectivity index (χ2n) is 10.8. The molecule has 0 aromatic carbocycles. The quantitative estimate of drug-likeness (QED) is 0.0943. The smallest absolute Gasteiger partial charge is 0.306 e. The number of carbonyl (C=O) groups excluding carboxylic acids is 2. The standard InChI is InChI=1S/C28H50O13/c1-3-5-7-9-11-13-19(31)39-25-17(15-29)37-27(23(35)21(25)33)41-28-24(36)22(34)26(18(16-30)38-28)40-20(32)14-12-10-8-6-4-2/h17-18,21-30,33-36H,3-16H2,1-2H3/t17-,18-,21-,22-,23-,24-,25-,26-,27-,28-/m1/s1. The molecule has 0 saturated carbocycles. The highest BCUT2D eigenvalue weighted by Gasteiger charge is 2.52. The molecule has 2 aliphatic heterocycles. The number of rotatable bonds is 18. The summed E-state index contributed by atoms with van der Waals surface area (Å²) in [6.45, 7) is 2.78. The van der Waals surface area contributed by atoms with Crippen molar-refractivity contribution in [2.45, 2.75) is 152 Å². The molecule has 0 aromatic heterocycles. The van der Waals surface area contributed by atoms with Gasteiger partial charge in [-0.1, -0.05) is 65.2 Å². The van der Waals surface area contributed by atoms with E-state index in [9.17, 15) is 40.2 Å². The van der Waals surface area contributed by atoms with Crippen molar-refractivity contribution in [1.82, 2.24) is 0 Å². The minimum absolute atomic E-state index is 0.105. The van der Waals surface area contributed by atoms with Crippen LogP contribution in [0.5, 0.6) is 0 Å². The Morgan fingerprint density at radius 1 is 0.585 bits per heavy atom. The molecule has 0 aliphatic carbocycles. The Morgan fingerprint density at radius 3 is 1.29 bits per heavy atom. The van der Waals surface area contributed by atoms with E-state index in [0.29, 0.717) is 12.8 Å². The summed E-state index contributed by atoms with van der Waals surface area (Å²) in [6.07, 6.45) is -6.31. The van der Waals surface area contributed by atoms with Crippen LogP contribution >= 0.6 is 0 Å². The van der Waals surface area contributed by atoms with E-state index in [0.717, 1.165) is 51.4 Å². The monoisotopic (exact) mass is 594 g/mol. The first kappa shape index (κ1) is 35.8. The van der Waals surface area contributed by atoms with Gasteiger partial charge >= 0.3 is 11.9 Å². The molecule has 13 heteroatoms. The van der Waals surface area contributed by atoms with Gasteiger partial charge in [-0.2, -0.15) is 0 Å². The summed E-state index contributed by atoms with van der Waals surface area (Å²) in [5.41, 5.74) is 0. The van der Waals surface area contributed by atoms with Crippen LogP contribution in [0.1, 0.15) is 90.9 Å². The highest BCUT2D eigenvalue weighted by atomic mass is 16.8. The van der Waals surface area contributed by atoms with Crippen LogP contribution in [0.4, 0.5) is 0 Å². The Balaban J connectivity index is 1.94. The molecule has 2 rings (SSSR count). The van der Waals surface area contributed by atoms with Gasteiger partial charge in [0.2, 0.25) is 0 Å². The van der Waals surface area contributed by atoms with Crippen LogP contribution in [-0.2, 0) is 33.3 Å². The highest BCUT2D eigenvalue weighted by molar-refractivity contribution is 5.70. The molecule has 0 radical (unpaired) electrons. The molecular formula is C28H50O13. The van der Waals surface area contributed by atoms with E-state index in [2.05, 4.69) is 13.8 Å². The predicted molar refractivity (Wildman–Crippen MR) is 143 cm³/mol. The van der Waals surface area contributed by atoms with Gasteiger partial charge in [-0.3, -0.25) is 9.59 Å². The van der Waals surface area contributed by atoms with Crippen molar-refractivity contribution < 1.29 is 63.9 Å². The van der Waals surface area contributed by atoms with Crippen LogP contribution in [0.2, 0.25) is 0 Å². The largest absolute Gasteiger partial charge is 0.457 e. The first-order chi connectivity index (χ1) is 19.7. The van der Waals surface area contributed by atoms with Crippen LogP contribution in [0, 0.1) is 0 Å². The van der Waals surface area contributed by atoms with Crippen LogP contribution in [-0.4, -0.2) is 117 Å². The minimum atomic E-state index is -1.79. The number of aliphatic hydroxyl groups is 6. The SMILES string of the molecule is CCCCCCCC(=O)O[C@H]1[C@H](O)[C@@H](O)[C@@H](O[C@H]2O[C@H](CO)[C@@H](OC(=O)CCCCCCC)[C@H](O)[C@H]2O)O[C@@H]1CO. The fourth-order valence-corrected chi connectivity index (χ4v) is 4.92. The topological polar surface area (TPSA) is 202 Å². The lowest BCUT2D eigenvalue weighted by Gasteiger charge is -2.45. The molecule has 2 fully saturated rings. The maximum atomic E-state index is 12.3. The molecule has 2 aliphatic rings. The first-order valence-electron chi connectivity index (χ1n) is 15.0. The molecular weight excluding hydrogens is 544 g/mol. The van der Waals surface area contributed by atoms with E-state index in [1.54, 1.807) is 0 Å². The predicted octanol–water partition coefficient (Wildman–Crippen LogP) is 0.426. The third-order valence-corrected chi connectivity index (χ3v) is 7.41. The number of esters is 2. The van der Waals surface area contributed by atoms with Crippen LogP contribution in [0.3, 0.4) is 0 Å². The number of hydrogen-bond donors (Lipinski definition) is 6. The van der Waals surface area contributed by atoms with Crippen molar-refractivity contribution in [2.75, 3.05) is 13.2 Å². The second kappa shape index (κ2) is 19.0. The van der Waals surface area contributed by atoms with E-state index >= 15 is 0 Å². The summed E-state index contributed by atoms with van der Waals surface area (Å²) in [6, 6.07) is 0. The molecule has 6 N–H and O–H groups in total. The molecule has 2 saturated heterocycles. The van der Waals surface area contributed by atoms with Crippen molar-refractivity contribution in [3.63, 3.8) is 0 Å². The van der Waals surface area contributed by atoms with Crippen molar-refractivity contribution >= 4 is 11.9 Å². The maximum absolute atomic E-state index is 12.3. The van der Waals surface area contributed by atoms with Gasteiger partial charge < -0.3 is 54.3 Å². The lowest BCUT2D eigenvalue weighted by Crippen LogP contribution is -2.64. The zero-order valence-electron chi connectivity index (χ0n) is 24.2. The van der Waals surface area contributed by atoms with E-state index < -0.39 is 86.6 Å². The summed E-state index contributed by atoms with van der Waals surface area (Å²) in [5, 5.41) is 62.2. The van der Waals surface area contributed by atoms with E-state index in [4.69, 9.17) is 23.7 Å². The average Bonchev–Trinajstić information content (AvgIpc) is 2.96. The maximum Gasteiger partial charge on any atom is 0.306 e. The Bertz CT molecular complexity index is 688. The van der Waals surface area contributed by atoms with Gasteiger partial charge in [0.05, 0.1) is 13.2 Å². The molecule has 2 heterocycles. The van der Waals surface area contributed by atoms with Crippen LogP contribution in [0.15, 0.2) is 0 Å². The Labute approximate surface area is 241 Å². The Kier molecular flexibility index (Phi) is 16.6. The first-order valence-corrected chi connectivity index (χ1v) is 15.0. The average molecular weight is 595 g/mol. The van der Waals surface area contributed by atoms with Gasteiger partial charge in [0.25, 0.3) is 0 Å². The third-order valence-electron chi connectivity index (χ3n) is 7.41. The third kappa shape index (κ3) is 11.0. The zero-order chi connectivity index (χ0) is 30.4. The van der Waals surface area contributed by atoms with Crippen molar-refractivity contribution in [3.05, 3.63) is 0 Å². The van der Waals surface area contributed by atoms with Crippen LogP contribution < -0.4 is 0 Å². The van der Waals surface area contributed by atoms with E-state index in [1.165, 1.54) is 0 Å². The van der Waals surface area contributed by atoms with E-state index in [1.807, 2.05) is 0 Å².